The Kier molecular flexibility index (Phi) is 5.55. The molecule has 9 heteroatoms. The Morgan fingerprint density at radius 2 is 2.23 bits per heavy atom. The summed E-state index contributed by atoms with van der Waals surface area (Å²) in [6.07, 6.45) is 4.02. The Hall–Kier alpha value is -2.42. The minimum absolute atomic E-state index is 0.204. The zero-order chi connectivity index (χ0) is 18.7. The van der Waals surface area contributed by atoms with Crippen molar-refractivity contribution in [2.75, 3.05) is 13.2 Å². The van der Waals surface area contributed by atoms with Gasteiger partial charge in [0.15, 0.2) is 12.3 Å². The van der Waals surface area contributed by atoms with E-state index < -0.39 is 24.5 Å². The molecule has 0 aliphatic carbocycles. The zero-order valence-electron chi connectivity index (χ0n) is 14.3. The van der Waals surface area contributed by atoms with E-state index in [4.69, 9.17) is 4.74 Å². The van der Waals surface area contributed by atoms with Crippen LogP contribution in [0.15, 0.2) is 22.8 Å². The van der Waals surface area contributed by atoms with Crippen LogP contribution in [-0.2, 0) is 14.3 Å². The monoisotopic (exact) mass is 422 g/mol. The number of nitrogens with one attached hydrogen (secondary N) is 2. The van der Waals surface area contributed by atoms with Crippen molar-refractivity contribution in [3.8, 4) is 0 Å². The molecule has 26 heavy (non-hydrogen) atoms. The van der Waals surface area contributed by atoms with E-state index in [1.165, 1.54) is 0 Å². The number of pyridine rings is 1. The van der Waals surface area contributed by atoms with Gasteiger partial charge in [-0.3, -0.25) is 14.0 Å². The summed E-state index contributed by atoms with van der Waals surface area (Å²) < 4.78 is 7.52. The first-order valence-corrected chi connectivity index (χ1v) is 9.13. The van der Waals surface area contributed by atoms with E-state index in [-0.39, 0.29) is 11.6 Å². The van der Waals surface area contributed by atoms with Gasteiger partial charge in [-0.2, -0.15) is 0 Å². The summed E-state index contributed by atoms with van der Waals surface area (Å²) in [4.78, 5) is 40.6. The first kappa shape index (κ1) is 18.4. The highest BCUT2D eigenvalue weighted by Crippen LogP contribution is 2.17. The number of carbonyl (C=O) groups excluding carboxylic acids is 3. The molecule has 1 atom stereocenters. The second-order valence-corrected chi connectivity index (χ2v) is 7.02. The highest BCUT2D eigenvalue weighted by Gasteiger charge is 2.24. The lowest BCUT2D eigenvalue weighted by Crippen LogP contribution is -2.46. The van der Waals surface area contributed by atoms with Crippen molar-refractivity contribution in [1.82, 2.24) is 20.0 Å². The van der Waals surface area contributed by atoms with E-state index >= 15 is 0 Å². The van der Waals surface area contributed by atoms with Crippen molar-refractivity contribution in [1.29, 1.82) is 0 Å². The van der Waals surface area contributed by atoms with E-state index in [1.807, 2.05) is 6.07 Å². The summed E-state index contributed by atoms with van der Waals surface area (Å²) in [5.74, 6) is -1.36. The lowest BCUT2D eigenvalue weighted by Gasteiger charge is -2.15. The molecular weight excluding hydrogens is 404 g/mol. The molecule has 8 nitrogen and oxygen atoms in total. The van der Waals surface area contributed by atoms with E-state index in [1.54, 1.807) is 23.6 Å². The highest BCUT2D eigenvalue weighted by atomic mass is 79.9. The molecule has 2 amide bonds. The van der Waals surface area contributed by atoms with Gasteiger partial charge >= 0.3 is 5.97 Å². The first-order chi connectivity index (χ1) is 12.5. The maximum Gasteiger partial charge on any atom is 0.357 e. The minimum Gasteiger partial charge on any atom is -0.451 e. The number of ether oxygens (including phenoxy) is 1. The smallest absolute Gasteiger partial charge is 0.357 e. The Balaban J connectivity index is 1.63. The predicted octanol–water partition coefficient (Wildman–Crippen LogP) is 1.35. The summed E-state index contributed by atoms with van der Waals surface area (Å²) in [6.45, 7) is 1.86. The number of amides is 2. The Morgan fingerprint density at radius 1 is 1.42 bits per heavy atom. The zero-order valence-corrected chi connectivity index (χ0v) is 15.8. The SMILES string of the molecule is Cc1nc2ccc(Br)cn2c1C(=O)OCC(=O)NC1CCCCNC1=O. The molecule has 0 bridgehead atoms. The molecule has 1 aliphatic heterocycles. The van der Waals surface area contributed by atoms with Crippen LogP contribution in [0, 0.1) is 6.92 Å². The molecule has 0 radical (unpaired) electrons. The molecule has 0 saturated carbocycles. The van der Waals surface area contributed by atoms with Crippen LogP contribution >= 0.6 is 15.9 Å². The Morgan fingerprint density at radius 3 is 3.04 bits per heavy atom. The number of imidazole rings is 1. The molecule has 1 unspecified atom stereocenters. The van der Waals surface area contributed by atoms with Gasteiger partial charge in [-0.15, -0.1) is 0 Å². The van der Waals surface area contributed by atoms with Crippen molar-refractivity contribution < 1.29 is 19.1 Å². The number of fused-ring (bicyclic) bond motifs is 1. The normalized spacial score (nSPS) is 17.5. The molecular formula is C17H19BrN4O4. The summed E-state index contributed by atoms with van der Waals surface area (Å²) >= 11 is 3.35. The van der Waals surface area contributed by atoms with Crippen molar-refractivity contribution in [2.24, 2.45) is 0 Å². The third-order valence-corrected chi connectivity index (χ3v) is 4.62. The number of rotatable bonds is 4. The predicted molar refractivity (Wildman–Crippen MR) is 96.7 cm³/mol. The van der Waals surface area contributed by atoms with Crippen LogP contribution in [0.4, 0.5) is 0 Å². The molecule has 1 fully saturated rings. The molecule has 3 rings (SSSR count). The van der Waals surface area contributed by atoms with E-state index in [0.717, 1.165) is 17.3 Å². The lowest BCUT2D eigenvalue weighted by molar-refractivity contribution is -0.130. The molecule has 0 spiro atoms. The van der Waals surface area contributed by atoms with E-state index in [0.29, 0.717) is 24.3 Å². The van der Waals surface area contributed by atoms with Crippen molar-refractivity contribution >= 4 is 39.4 Å². The standard InChI is InChI=1S/C17H19BrN4O4/c1-10-15(22-8-11(18)5-6-13(22)20-10)17(25)26-9-14(23)21-12-4-2-3-7-19-16(12)24/h5-6,8,12H,2-4,7,9H2,1H3,(H,19,24)(H,21,23). The largest absolute Gasteiger partial charge is 0.451 e. The van der Waals surface area contributed by atoms with Gasteiger partial charge < -0.3 is 15.4 Å². The third kappa shape index (κ3) is 4.04. The minimum atomic E-state index is -0.645. The van der Waals surface area contributed by atoms with E-state index in [9.17, 15) is 14.4 Å². The van der Waals surface area contributed by atoms with Gasteiger partial charge in [-0.05, 0) is 54.2 Å². The quantitative estimate of drug-likeness (QED) is 0.723. The van der Waals surface area contributed by atoms with Crippen LogP contribution in [-0.4, -0.2) is 46.4 Å². The van der Waals surface area contributed by atoms with Crippen LogP contribution in [0.5, 0.6) is 0 Å². The number of halogens is 1. The fraction of sp³-hybridized carbons (Fsp3) is 0.412. The summed E-state index contributed by atoms with van der Waals surface area (Å²) in [5.41, 5.74) is 1.38. The van der Waals surface area contributed by atoms with Gasteiger partial charge in [0.05, 0.1) is 5.69 Å². The average Bonchev–Trinajstić information content (AvgIpc) is 2.79. The number of hydrogen-bond donors (Lipinski definition) is 2. The topological polar surface area (TPSA) is 102 Å². The molecule has 2 N–H and O–H groups in total. The molecule has 1 aliphatic rings. The molecule has 1 saturated heterocycles. The lowest BCUT2D eigenvalue weighted by atomic mass is 10.1. The van der Waals surface area contributed by atoms with Crippen LogP contribution in [0.3, 0.4) is 0 Å². The summed E-state index contributed by atoms with van der Waals surface area (Å²) in [5, 5.41) is 5.35. The molecule has 138 valence electrons. The summed E-state index contributed by atoms with van der Waals surface area (Å²) in [7, 11) is 0. The van der Waals surface area contributed by atoms with Crippen molar-refractivity contribution in [2.45, 2.75) is 32.2 Å². The maximum atomic E-state index is 12.4. The second kappa shape index (κ2) is 7.86. The highest BCUT2D eigenvalue weighted by molar-refractivity contribution is 9.10. The van der Waals surface area contributed by atoms with E-state index in [2.05, 4.69) is 31.5 Å². The molecule has 2 aromatic rings. The van der Waals surface area contributed by atoms with Gasteiger partial charge in [0.1, 0.15) is 11.7 Å². The number of esters is 1. The molecule has 3 heterocycles. The van der Waals surface area contributed by atoms with Gasteiger partial charge in [-0.1, -0.05) is 0 Å². The molecule has 0 aromatic carbocycles. The fourth-order valence-electron chi connectivity index (χ4n) is 2.89. The number of aryl methyl sites for hydroxylation is 1. The maximum absolute atomic E-state index is 12.4. The number of hydrogen-bond acceptors (Lipinski definition) is 5. The van der Waals surface area contributed by atoms with Gasteiger partial charge in [0.2, 0.25) is 5.91 Å². The van der Waals surface area contributed by atoms with Gasteiger partial charge in [-0.25, -0.2) is 9.78 Å². The van der Waals surface area contributed by atoms with Gasteiger partial charge in [0, 0.05) is 17.2 Å². The van der Waals surface area contributed by atoms with Crippen molar-refractivity contribution in [3.05, 3.63) is 34.2 Å². The molecule has 2 aromatic heterocycles. The van der Waals surface area contributed by atoms with Gasteiger partial charge in [0.25, 0.3) is 5.91 Å². The Bertz CT molecular complexity index is 864. The fourth-order valence-corrected chi connectivity index (χ4v) is 3.23. The van der Waals surface area contributed by atoms with Crippen LogP contribution in [0.25, 0.3) is 5.65 Å². The van der Waals surface area contributed by atoms with Crippen molar-refractivity contribution in [3.63, 3.8) is 0 Å². The number of carbonyl (C=O) groups is 3. The number of nitrogens with zero attached hydrogens (tertiary/aromatic N) is 2. The average molecular weight is 423 g/mol. The summed E-state index contributed by atoms with van der Waals surface area (Å²) in [6, 6.07) is 3.00. The number of aromatic nitrogens is 2. The first-order valence-electron chi connectivity index (χ1n) is 8.34. The van der Waals surface area contributed by atoms with Crippen LogP contribution < -0.4 is 10.6 Å². The third-order valence-electron chi connectivity index (χ3n) is 4.15. The Labute approximate surface area is 158 Å². The van der Waals surface area contributed by atoms with Crippen LogP contribution in [0.2, 0.25) is 0 Å². The van der Waals surface area contributed by atoms with Crippen LogP contribution in [0.1, 0.15) is 35.4 Å². The second-order valence-electron chi connectivity index (χ2n) is 6.10.